The molecule has 3 rings (SSSR count). The highest BCUT2D eigenvalue weighted by Gasteiger charge is 2.46. The molecule has 2 aliphatic rings. The summed E-state index contributed by atoms with van der Waals surface area (Å²) in [5.41, 5.74) is 1.14. The lowest BCUT2D eigenvalue weighted by molar-refractivity contribution is -0.143. The molecule has 1 aliphatic carbocycles. The number of hydrogen-bond donors (Lipinski definition) is 1. The summed E-state index contributed by atoms with van der Waals surface area (Å²) in [6, 6.07) is 5.22. The number of carbonyl (C=O) groups is 1. The number of rotatable bonds is 5. The van der Waals surface area contributed by atoms with Crippen molar-refractivity contribution in [3.05, 3.63) is 40.4 Å². The van der Waals surface area contributed by atoms with Crippen molar-refractivity contribution in [2.75, 3.05) is 24.5 Å². The Balaban J connectivity index is 1.91. The van der Waals surface area contributed by atoms with Gasteiger partial charge in [-0.15, -0.1) is 0 Å². The molecule has 0 radical (unpaired) electrons. The van der Waals surface area contributed by atoms with E-state index in [0.29, 0.717) is 24.7 Å². The van der Waals surface area contributed by atoms with Crippen molar-refractivity contribution < 1.29 is 27.4 Å². The van der Waals surface area contributed by atoms with Crippen LogP contribution < -0.4 is 4.72 Å². The summed E-state index contributed by atoms with van der Waals surface area (Å²) in [6.07, 6.45) is 1.92. The molecule has 1 heterocycles. The number of nitrogens with one attached hydrogen (secondary N) is 1. The fraction of sp³-hybridized carbons (Fsp3) is 0.571. The third-order valence-corrected chi connectivity index (χ3v) is 7.28. The lowest BCUT2D eigenvalue weighted by Crippen LogP contribution is -2.42. The second-order valence-corrected chi connectivity index (χ2v) is 10.7. The van der Waals surface area contributed by atoms with Crippen LogP contribution in [0.2, 0.25) is 5.02 Å². The van der Waals surface area contributed by atoms with Crippen LogP contribution in [0.3, 0.4) is 0 Å². The molecule has 166 valence electrons. The maximum Gasteiger partial charge on any atom is 0.335 e. The van der Waals surface area contributed by atoms with E-state index in [9.17, 15) is 13.2 Å². The first-order chi connectivity index (χ1) is 14.0. The number of benzene rings is 1. The van der Waals surface area contributed by atoms with Crippen LogP contribution in [-0.4, -0.2) is 45.2 Å². The van der Waals surface area contributed by atoms with Crippen molar-refractivity contribution >= 4 is 33.3 Å². The number of esters is 1. The van der Waals surface area contributed by atoms with Crippen LogP contribution in [0.25, 0.3) is 0 Å². The zero-order valence-electron chi connectivity index (χ0n) is 17.7. The van der Waals surface area contributed by atoms with Gasteiger partial charge in [0.05, 0.1) is 36.1 Å². The van der Waals surface area contributed by atoms with Gasteiger partial charge in [0.1, 0.15) is 5.25 Å². The van der Waals surface area contributed by atoms with E-state index in [1.807, 2.05) is 26.8 Å². The van der Waals surface area contributed by atoms with E-state index >= 15 is 0 Å². The monoisotopic (exact) mass is 457 g/mol. The third-order valence-electron chi connectivity index (χ3n) is 5.23. The van der Waals surface area contributed by atoms with Crippen LogP contribution in [0.5, 0.6) is 0 Å². The molecule has 0 aromatic heterocycles. The summed E-state index contributed by atoms with van der Waals surface area (Å²) < 4.78 is 45.4. The lowest BCUT2D eigenvalue weighted by atomic mass is 9.87. The van der Waals surface area contributed by atoms with Gasteiger partial charge in [-0.25, -0.2) is 13.2 Å². The van der Waals surface area contributed by atoms with E-state index in [0.717, 1.165) is 5.56 Å². The number of anilines is 1. The molecule has 9 heteroatoms. The summed E-state index contributed by atoms with van der Waals surface area (Å²) in [7, 11) is -3.98. The van der Waals surface area contributed by atoms with Crippen LogP contribution >= 0.6 is 11.6 Å². The molecular formula is C21H28ClNO6S. The van der Waals surface area contributed by atoms with Gasteiger partial charge in [0.25, 0.3) is 0 Å². The minimum absolute atomic E-state index is 0.0138. The van der Waals surface area contributed by atoms with Crippen molar-refractivity contribution in [1.29, 1.82) is 0 Å². The number of carbonyl (C=O) groups excluding carboxylic acids is 1. The Morgan fingerprint density at radius 2 is 1.97 bits per heavy atom. The molecule has 1 saturated heterocycles. The summed E-state index contributed by atoms with van der Waals surface area (Å²) in [5, 5.41) is -0.810. The SMILES string of the molecule is CCOC(=O)C1=CC2(CCC1S(=O)(=O)Nc1ccc(C(C)(C)C)cc1Cl)OCCO2. The largest absolute Gasteiger partial charge is 0.463 e. The number of hydrogen-bond acceptors (Lipinski definition) is 6. The first-order valence-corrected chi connectivity index (χ1v) is 11.9. The molecule has 30 heavy (non-hydrogen) atoms. The highest BCUT2D eigenvalue weighted by Crippen LogP contribution is 2.38. The normalized spacial score (nSPS) is 21.4. The van der Waals surface area contributed by atoms with Gasteiger partial charge in [0, 0.05) is 6.42 Å². The van der Waals surface area contributed by atoms with Gasteiger partial charge in [-0.3, -0.25) is 4.72 Å². The Morgan fingerprint density at radius 3 is 2.53 bits per heavy atom. The smallest absolute Gasteiger partial charge is 0.335 e. The Morgan fingerprint density at radius 1 is 1.30 bits per heavy atom. The molecule has 0 amide bonds. The van der Waals surface area contributed by atoms with Crippen LogP contribution in [0.4, 0.5) is 5.69 Å². The number of halogens is 1. The van der Waals surface area contributed by atoms with Crippen molar-refractivity contribution in [3.63, 3.8) is 0 Å². The molecule has 1 fully saturated rings. The van der Waals surface area contributed by atoms with E-state index in [-0.39, 0.29) is 29.7 Å². The van der Waals surface area contributed by atoms with Crippen LogP contribution in [0, 0.1) is 0 Å². The summed E-state index contributed by atoms with van der Waals surface area (Å²) in [5.74, 6) is -1.76. The zero-order valence-corrected chi connectivity index (χ0v) is 19.2. The Kier molecular flexibility index (Phi) is 6.53. The molecule has 1 aromatic rings. The Labute approximate surface area is 182 Å². The van der Waals surface area contributed by atoms with Gasteiger partial charge < -0.3 is 14.2 Å². The molecule has 1 N–H and O–H groups in total. The van der Waals surface area contributed by atoms with Crippen molar-refractivity contribution in [2.45, 2.75) is 57.0 Å². The highest BCUT2D eigenvalue weighted by atomic mass is 35.5. The number of ether oxygens (including phenoxy) is 3. The first kappa shape index (κ1) is 23.1. The maximum absolute atomic E-state index is 13.2. The quantitative estimate of drug-likeness (QED) is 0.676. The lowest BCUT2D eigenvalue weighted by Gasteiger charge is -2.33. The average Bonchev–Trinajstić information content (AvgIpc) is 3.10. The summed E-state index contributed by atoms with van der Waals surface area (Å²) >= 11 is 6.35. The molecule has 0 bridgehead atoms. The molecule has 1 unspecified atom stereocenters. The molecule has 1 aromatic carbocycles. The van der Waals surface area contributed by atoms with E-state index in [1.54, 1.807) is 19.1 Å². The van der Waals surface area contributed by atoms with Crippen LogP contribution in [-0.2, 0) is 34.4 Å². The topological polar surface area (TPSA) is 90.9 Å². The highest BCUT2D eigenvalue weighted by molar-refractivity contribution is 7.93. The predicted molar refractivity (Wildman–Crippen MR) is 115 cm³/mol. The molecule has 7 nitrogen and oxygen atoms in total. The van der Waals surface area contributed by atoms with E-state index < -0.39 is 27.0 Å². The fourth-order valence-corrected chi connectivity index (χ4v) is 5.44. The van der Waals surface area contributed by atoms with Gasteiger partial charge in [0.2, 0.25) is 10.0 Å². The minimum Gasteiger partial charge on any atom is -0.463 e. The van der Waals surface area contributed by atoms with Crippen LogP contribution in [0.15, 0.2) is 29.8 Å². The van der Waals surface area contributed by atoms with E-state index in [2.05, 4.69) is 4.72 Å². The van der Waals surface area contributed by atoms with E-state index in [1.165, 1.54) is 6.08 Å². The molecule has 1 spiro atoms. The second kappa shape index (κ2) is 8.49. The zero-order chi connectivity index (χ0) is 22.2. The minimum atomic E-state index is -3.98. The van der Waals surface area contributed by atoms with Crippen molar-refractivity contribution in [2.24, 2.45) is 0 Å². The van der Waals surface area contributed by atoms with Gasteiger partial charge in [-0.2, -0.15) is 0 Å². The second-order valence-electron chi connectivity index (χ2n) is 8.45. The van der Waals surface area contributed by atoms with Gasteiger partial charge in [-0.1, -0.05) is 38.4 Å². The number of sulfonamides is 1. The Bertz CT molecular complexity index is 945. The molecular weight excluding hydrogens is 430 g/mol. The predicted octanol–water partition coefficient (Wildman–Crippen LogP) is 3.77. The van der Waals surface area contributed by atoms with E-state index in [4.69, 9.17) is 25.8 Å². The molecule has 0 saturated carbocycles. The van der Waals surface area contributed by atoms with Gasteiger partial charge in [-0.05, 0) is 42.5 Å². The molecule has 1 atom stereocenters. The standard InChI is InChI=1S/C21H28ClNO6S/c1-5-27-19(24)15-13-21(28-10-11-29-21)9-8-18(15)30(25,26)23-17-7-6-14(12-16(17)22)20(2,3)4/h6-7,12-13,18,23H,5,8-11H2,1-4H3. The average molecular weight is 458 g/mol. The fourth-order valence-electron chi connectivity index (χ4n) is 3.60. The molecule has 1 aliphatic heterocycles. The maximum atomic E-state index is 13.2. The van der Waals surface area contributed by atoms with Crippen molar-refractivity contribution in [3.8, 4) is 0 Å². The third kappa shape index (κ3) is 4.82. The summed E-state index contributed by atoms with van der Waals surface area (Å²) in [4.78, 5) is 12.5. The summed E-state index contributed by atoms with van der Waals surface area (Å²) in [6.45, 7) is 8.71. The van der Waals surface area contributed by atoms with Gasteiger partial charge >= 0.3 is 5.97 Å². The van der Waals surface area contributed by atoms with Crippen molar-refractivity contribution in [1.82, 2.24) is 0 Å². The van der Waals surface area contributed by atoms with Gasteiger partial charge in [0.15, 0.2) is 5.79 Å². The Hall–Kier alpha value is -1.61. The first-order valence-electron chi connectivity index (χ1n) is 9.97. The van der Waals surface area contributed by atoms with Crippen LogP contribution in [0.1, 0.15) is 46.1 Å².